The fourth-order valence-corrected chi connectivity index (χ4v) is 5.12. The summed E-state index contributed by atoms with van der Waals surface area (Å²) >= 11 is 1.46. The zero-order chi connectivity index (χ0) is 21.3. The maximum Gasteiger partial charge on any atom is 0.256 e. The third-order valence-electron chi connectivity index (χ3n) is 5.58. The third-order valence-corrected chi connectivity index (χ3v) is 6.75. The van der Waals surface area contributed by atoms with Crippen LogP contribution < -0.4 is 20.5 Å². The summed E-state index contributed by atoms with van der Waals surface area (Å²) in [6.07, 6.45) is 2.70. The van der Waals surface area contributed by atoms with Crippen LogP contribution in [0.15, 0.2) is 18.2 Å². The van der Waals surface area contributed by atoms with Gasteiger partial charge >= 0.3 is 0 Å². The molecule has 1 aliphatic carbocycles. The molecule has 29 heavy (non-hydrogen) atoms. The Hall–Kier alpha value is -2.54. The minimum atomic E-state index is -0.504. The summed E-state index contributed by atoms with van der Waals surface area (Å²) in [5.41, 5.74) is 7.69. The minimum absolute atomic E-state index is 0.190. The predicted molar refractivity (Wildman–Crippen MR) is 115 cm³/mol. The van der Waals surface area contributed by atoms with Gasteiger partial charge in [0, 0.05) is 16.5 Å². The summed E-state index contributed by atoms with van der Waals surface area (Å²) in [6.45, 7) is 6.72. The van der Waals surface area contributed by atoms with Crippen molar-refractivity contribution in [1.29, 1.82) is 0 Å². The Balaban J connectivity index is 1.93. The Morgan fingerprint density at radius 2 is 1.76 bits per heavy atom. The molecule has 0 bridgehead atoms. The molecule has 0 fully saturated rings. The van der Waals surface area contributed by atoms with Crippen molar-refractivity contribution in [2.24, 2.45) is 17.1 Å². The number of rotatable bonds is 5. The van der Waals surface area contributed by atoms with Gasteiger partial charge in [0.05, 0.1) is 19.8 Å². The van der Waals surface area contributed by atoms with E-state index in [0.717, 1.165) is 29.7 Å². The van der Waals surface area contributed by atoms with Gasteiger partial charge in [-0.15, -0.1) is 11.3 Å². The molecule has 6 nitrogen and oxygen atoms in total. The maximum absolute atomic E-state index is 12.9. The zero-order valence-corrected chi connectivity index (χ0v) is 18.4. The molecule has 7 heteroatoms. The molecule has 2 aromatic rings. The van der Waals surface area contributed by atoms with Crippen molar-refractivity contribution in [3.05, 3.63) is 39.8 Å². The number of amides is 2. The molecule has 0 aliphatic heterocycles. The first kappa shape index (κ1) is 21.2. The van der Waals surface area contributed by atoms with Crippen LogP contribution in [0.4, 0.5) is 5.00 Å². The number of thiophene rings is 1. The van der Waals surface area contributed by atoms with Crippen molar-refractivity contribution < 1.29 is 19.1 Å². The van der Waals surface area contributed by atoms with E-state index in [0.29, 0.717) is 33.5 Å². The number of hydrogen-bond donors (Lipinski definition) is 2. The molecular formula is C22H28N2O4S. The Morgan fingerprint density at radius 1 is 1.14 bits per heavy atom. The fraction of sp³-hybridized carbons (Fsp3) is 0.455. The molecule has 0 spiro atoms. The Kier molecular flexibility index (Phi) is 5.89. The third kappa shape index (κ3) is 4.40. The predicted octanol–water partition coefficient (Wildman–Crippen LogP) is 4.27. The van der Waals surface area contributed by atoms with Crippen molar-refractivity contribution in [3.63, 3.8) is 0 Å². The number of methoxy groups -OCH3 is 2. The lowest BCUT2D eigenvalue weighted by atomic mass is 9.72. The molecule has 1 aliphatic rings. The van der Waals surface area contributed by atoms with Gasteiger partial charge in [-0.25, -0.2) is 0 Å². The maximum atomic E-state index is 12.9. The van der Waals surface area contributed by atoms with Crippen molar-refractivity contribution >= 4 is 28.2 Å². The molecule has 1 heterocycles. The van der Waals surface area contributed by atoms with Crippen LogP contribution in [-0.4, -0.2) is 26.0 Å². The summed E-state index contributed by atoms with van der Waals surface area (Å²) in [4.78, 5) is 26.2. The molecule has 2 amide bonds. The van der Waals surface area contributed by atoms with Crippen LogP contribution in [0, 0.1) is 11.3 Å². The highest BCUT2D eigenvalue weighted by Crippen LogP contribution is 2.44. The summed E-state index contributed by atoms with van der Waals surface area (Å²) in [5.74, 6) is 0.720. The van der Waals surface area contributed by atoms with Crippen LogP contribution in [0.2, 0.25) is 0 Å². The van der Waals surface area contributed by atoms with Crippen LogP contribution >= 0.6 is 11.3 Å². The Morgan fingerprint density at radius 3 is 2.28 bits per heavy atom. The van der Waals surface area contributed by atoms with Crippen LogP contribution in [0.25, 0.3) is 0 Å². The van der Waals surface area contributed by atoms with Gasteiger partial charge < -0.3 is 20.5 Å². The SMILES string of the molecule is COc1cc(OC)cc(C(=O)Nc2sc3c(c2C(N)=O)CC[C@H](C(C)(C)C)C3)c1. The number of primary amides is 1. The summed E-state index contributed by atoms with van der Waals surface area (Å²) in [6, 6.07) is 4.96. The van der Waals surface area contributed by atoms with Gasteiger partial charge in [0.25, 0.3) is 11.8 Å². The molecule has 1 aromatic heterocycles. The van der Waals surface area contributed by atoms with E-state index in [1.807, 2.05) is 0 Å². The van der Waals surface area contributed by atoms with Gasteiger partial charge in [-0.05, 0) is 48.3 Å². The number of benzene rings is 1. The van der Waals surface area contributed by atoms with Gasteiger partial charge in [0.15, 0.2) is 0 Å². The number of carbonyl (C=O) groups excluding carboxylic acids is 2. The summed E-state index contributed by atoms with van der Waals surface area (Å²) in [7, 11) is 3.06. The van der Waals surface area contributed by atoms with E-state index in [4.69, 9.17) is 15.2 Å². The van der Waals surface area contributed by atoms with Gasteiger partial charge in [-0.3, -0.25) is 9.59 Å². The first-order valence-electron chi connectivity index (χ1n) is 9.62. The van der Waals surface area contributed by atoms with Crippen LogP contribution in [0.3, 0.4) is 0 Å². The van der Waals surface area contributed by atoms with E-state index in [1.165, 1.54) is 25.6 Å². The average Bonchev–Trinajstić information content (AvgIpc) is 3.03. The fourth-order valence-electron chi connectivity index (χ4n) is 3.79. The lowest BCUT2D eigenvalue weighted by Crippen LogP contribution is -2.27. The van der Waals surface area contributed by atoms with Crippen molar-refractivity contribution in [2.45, 2.75) is 40.0 Å². The Bertz CT molecular complexity index is 921. The smallest absolute Gasteiger partial charge is 0.256 e. The highest BCUT2D eigenvalue weighted by atomic mass is 32.1. The molecule has 156 valence electrons. The molecule has 1 aromatic carbocycles. The second-order valence-electron chi connectivity index (χ2n) is 8.43. The molecule has 1 atom stereocenters. The first-order valence-corrected chi connectivity index (χ1v) is 10.4. The highest BCUT2D eigenvalue weighted by molar-refractivity contribution is 7.17. The van der Waals surface area contributed by atoms with Gasteiger partial charge in [-0.1, -0.05) is 20.8 Å². The highest BCUT2D eigenvalue weighted by Gasteiger charge is 2.33. The second kappa shape index (κ2) is 8.06. The van der Waals surface area contributed by atoms with Gasteiger partial charge in [0.2, 0.25) is 0 Å². The van der Waals surface area contributed by atoms with E-state index >= 15 is 0 Å². The number of carbonyl (C=O) groups is 2. The molecular weight excluding hydrogens is 388 g/mol. The monoisotopic (exact) mass is 416 g/mol. The number of nitrogens with two attached hydrogens (primary N) is 1. The quantitative estimate of drug-likeness (QED) is 0.762. The largest absolute Gasteiger partial charge is 0.497 e. The molecule has 0 unspecified atom stereocenters. The average molecular weight is 417 g/mol. The molecule has 0 saturated carbocycles. The number of anilines is 1. The second-order valence-corrected chi connectivity index (χ2v) is 9.54. The number of hydrogen-bond acceptors (Lipinski definition) is 5. The van der Waals surface area contributed by atoms with Crippen molar-refractivity contribution in [3.8, 4) is 11.5 Å². The molecule has 3 rings (SSSR count). The van der Waals surface area contributed by atoms with E-state index in [1.54, 1.807) is 18.2 Å². The summed E-state index contributed by atoms with van der Waals surface area (Å²) < 4.78 is 10.5. The van der Waals surface area contributed by atoms with E-state index < -0.39 is 5.91 Å². The summed E-state index contributed by atoms with van der Waals surface area (Å²) in [5, 5.41) is 3.41. The normalized spacial score (nSPS) is 16.1. The van der Waals surface area contributed by atoms with E-state index in [-0.39, 0.29) is 11.3 Å². The topological polar surface area (TPSA) is 90.7 Å². The molecule has 0 saturated heterocycles. The number of fused-ring (bicyclic) bond motifs is 1. The number of nitrogens with one attached hydrogen (secondary N) is 1. The van der Waals surface area contributed by atoms with E-state index in [2.05, 4.69) is 26.1 Å². The minimum Gasteiger partial charge on any atom is -0.497 e. The lowest BCUT2D eigenvalue weighted by Gasteiger charge is -2.33. The van der Waals surface area contributed by atoms with Gasteiger partial charge in [0.1, 0.15) is 16.5 Å². The van der Waals surface area contributed by atoms with Crippen molar-refractivity contribution in [1.82, 2.24) is 0 Å². The molecule has 0 radical (unpaired) electrons. The van der Waals surface area contributed by atoms with Crippen LogP contribution in [-0.2, 0) is 12.8 Å². The number of ether oxygens (including phenoxy) is 2. The van der Waals surface area contributed by atoms with Crippen LogP contribution in [0.1, 0.15) is 58.3 Å². The first-order chi connectivity index (χ1) is 13.6. The van der Waals surface area contributed by atoms with Crippen molar-refractivity contribution in [2.75, 3.05) is 19.5 Å². The molecule has 3 N–H and O–H groups in total. The Labute approximate surface area is 175 Å². The zero-order valence-electron chi connectivity index (χ0n) is 17.5. The van der Waals surface area contributed by atoms with Crippen LogP contribution in [0.5, 0.6) is 11.5 Å². The lowest BCUT2D eigenvalue weighted by molar-refractivity contribution is 0.1000. The van der Waals surface area contributed by atoms with E-state index in [9.17, 15) is 9.59 Å². The standard InChI is InChI=1S/C22H28N2O4S/c1-22(2,3)13-6-7-16-17(10-13)29-21(18(16)19(23)25)24-20(26)12-8-14(27-4)11-15(9-12)28-5/h8-9,11,13H,6-7,10H2,1-5H3,(H2,23,25)(H,24,26)/t13-/m0/s1. The van der Waals surface area contributed by atoms with Gasteiger partial charge in [-0.2, -0.15) is 0 Å².